The normalized spacial score (nSPS) is 11.8. The van der Waals surface area contributed by atoms with Crippen molar-refractivity contribution >= 4 is 28.5 Å². The van der Waals surface area contributed by atoms with Crippen LogP contribution < -0.4 is 14.8 Å². The number of hydrogen-bond acceptors (Lipinski definition) is 3. The molecular formula is C13H18INO3. The third-order valence-corrected chi connectivity index (χ3v) is 3.37. The van der Waals surface area contributed by atoms with Crippen LogP contribution in [-0.4, -0.2) is 26.2 Å². The SMILES string of the molecule is COc1cc(C[C@H](C)NC(C)=O)c(OC)cc1I. The third kappa shape index (κ3) is 4.04. The minimum Gasteiger partial charge on any atom is -0.496 e. The smallest absolute Gasteiger partial charge is 0.217 e. The van der Waals surface area contributed by atoms with Gasteiger partial charge >= 0.3 is 0 Å². The molecule has 1 aromatic rings. The highest BCUT2D eigenvalue weighted by Crippen LogP contribution is 2.30. The average Bonchev–Trinajstić information content (AvgIpc) is 2.29. The van der Waals surface area contributed by atoms with Crippen LogP contribution in [0, 0.1) is 3.57 Å². The van der Waals surface area contributed by atoms with Crippen LogP contribution in [0.15, 0.2) is 12.1 Å². The summed E-state index contributed by atoms with van der Waals surface area (Å²) in [5.41, 5.74) is 1.02. The lowest BCUT2D eigenvalue weighted by atomic mass is 10.1. The summed E-state index contributed by atoms with van der Waals surface area (Å²) in [4.78, 5) is 11.0. The second-order valence-electron chi connectivity index (χ2n) is 4.10. The zero-order chi connectivity index (χ0) is 13.7. The Morgan fingerprint density at radius 2 is 1.94 bits per heavy atom. The summed E-state index contributed by atoms with van der Waals surface area (Å²) in [5.74, 6) is 1.61. The fourth-order valence-electron chi connectivity index (χ4n) is 1.81. The predicted molar refractivity (Wildman–Crippen MR) is 79.2 cm³/mol. The van der Waals surface area contributed by atoms with Gasteiger partial charge in [0.05, 0.1) is 17.8 Å². The van der Waals surface area contributed by atoms with Gasteiger partial charge in [-0.15, -0.1) is 0 Å². The van der Waals surface area contributed by atoms with Crippen LogP contribution in [0.25, 0.3) is 0 Å². The van der Waals surface area contributed by atoms with Crippen molar-refractivity contribution in [2.75, 3.05) is 14.2 Å². The van der Waals surface area contributed by atoms with Crippen LogP contribution >= 0.6 is 22.6 Å². The van der Waals surface area contributed by atoms with E-state index in [-0.39, 0.29) is 11.9 Å². The molecule has 1 aromatic carbocycles. The number of methoxy groups -OCH3 is 2. The molecule has 0 saturated heterocycles. The van der Waals surface area contributed by atoms with Gasteiger partial charge in [0.15, 0.2) is 0 Å². The van der Waals surface area contributed by atoms with Gasteiger partial charge in [-0.25, -0.2) is 0 Å². The Morgan fingerprint density at radius 3 is 2.44 bits per heavy atom. The molecule has 100 valence electrons. The van der Waals surface area contributed by atoms with Crippen molar-refractivity contribution in [3.05, 3.63) is 21.3 Å². The van der Waals surface area contributed by atoms with E-state index in [0.717, 1.165) is 20.6 Å². The van der Waals surface area contributed by atoms with Crippen molar-refractivity contribution in [1.29, 1.82) is 0 Å². The molecule has 0 saturated carbocycles. The number of hydrogen-bond donors (Lipinski definition) is 1. The zero-order valence-electron chi connectivity index (χ0n) is 11.0. The van der Waals surface area contributed by atoms with Crippen molar-refractivity contribution in [1.82, 2.24) is 5.32 Å². The first-order valence-corrected chi connectivity index (χ1v) is 6.73. The maximum atomic E-state index is 11.0. The van der Waals surface area contributed by atoms with E-state index >= 15 is 0 Å². The van der Waals surface area contributed by atoms with E-state index in [0.29, 0.717) is 6.42 Å². The fraction of sp³-hybridized carbons (Fsp3) is 0.462. The van der Waals surface area contributed by atoms with Crippen LogP contribution in [-0.2, 0) is 11.2 Å². The zero-order valence-corrected chi connectivity index (χ0v) is 13.2. The second-order valence-corrected chi connectivity index (χ2v) is 5.27. The lowest BCUT2D eigenvalue weighted by Crippen LogP contribution is -2.32. The minimum absolute atomic E-state index is 0.0288. The van der Waals surface area contributed by atoms with Crippen LogP contribution in [0.1, 0.15) is 19.4 Å². The molecule has 0 spiro atoms. The average molecular weight is 363 g/mol. The summed E-state index contributed by atoms with van der Waals surface area (Å²) in [6, 6.07) is 3.95. The highest BCUT2D eigenvalue weighted by molar-refractivity contribution is 14.1. The Kier molecular flexibility index (Phi) is 5.71. The van der Waals surface area contributed by atoms with Crippen LogP contribution in [0.2, 0.25) is 0 Å². The van der Waals surface area contributed by atoms with E-state index in [1.165, 1.54) is 6.92 Å². The molecule has 5 heteroatoms. The van der Waals surface area contributed by atoms with Crippen molar-refractivity contribution in [3.63, 3.8) is 0 Å². The van der Waals surface area contributed by atoms with Gasteiger partial charge in [-0.05, 0) is 53.6 Å². The van der Waals surface area contributed by atoms with Gasteiger partial charge in [0.1, 0.15) is 11.5 Å². The van der Waals surface area contributed by atoms with Crippen molar-refractivity contribution in [2.45, 2.75) is 26.3 Å². The van der Waals surface area contributed by atoms with Gasteiger partial charge in [0.25, 0.3) is 0 Å². The van der Waals surface area contributed by atoms with E-state index in [2.05, 4.69) is 27.9 Å². The standard InChI is InChI=1S/C13H18INO3/c1-8(15-9(2)16)5-10-6-13(18-4)11(14)7-12(10)17-3/h6-8H,5H2,1-4H3,(H,15,16)/t8-/m0/s1. The highest BCUT2D eigenvalue weighted by atomic mass is 127. The van der Waals surface area contributed by atoms with Crippen molar-refractivity contribution in [3.8, 4) is 11.5 Å². The lowest BCUT2D eigenvalue weighted by Gasteiger charge is -2.16. The number of benzene rings is 1. The third-order valence-electron chi connectivity index (χ3n) is 2.53. The number of carbonyl (C=O) groups is 1. The molecule has 0 radical (unpaired) electrons. The molecule has 1 N–H and O–H groups in total. The lowest BCUT2D eigenvalue weighted by molar-refractivity contribution is -0.119. The molecular weight excluding hydrogens is 345 g/mol. The molecule has 0 heterocycles. The largest absolute Gasteiger partial charge is 0.496 e. The second kappa shape index (κ2) is 6.82. The fourth-order valence-corrected chi connectivity index (χ4v) is 2.47. The summed E-state index contributed by atoms with van der Waals surface area (Å²) < 4.78 is 11.7. The molecule has 0 unspecified atom stereocenters. The molecule has 0 aliphatic carbocycles. The number of amides is 1. The minimum atomic E-state index is -0.0288. The Morgan fingerprint density at radius 1 is 1.33 bits per heavy atom. The number of ether oxygens (including phenoxy) is 2. The van der Waals surface area contributed by atoms with Crippen molar-refractivity contribution < 1.29 is 14.3 Å². The van der Waals surface area contributed by atoms with E-state index in [4.69, 9.17) is 9.47 Å². The Balaban J connectivity index is 2.95. The molecule has 0 fully saturated rings. The maximum Gasteiger partial charge on any atom is 0.217 e. The molecule has 4 nitrogen and oxygen atoms in total. The van der Waals surface area contributed by atoms with Crippen LogP contribution in [0.5, 0.6) is 11.5 Å². The number of halogens is 1. The molecule has 1 rings (SSSR count). The van der Waals surface area contributed by atoms with Crippen LogP contribution in [0.3, 0.4) is 0 Å². The van der Waals surface area contributed by atoms with E-state index in [1.54, 1.807) is 14.2 Å². The molecule has 1 amide bonds. The van der Waals surface area contributed by atoms with Gasteiger partial charge in [0.2, 0.25) is 5.91 Å². The summed E-state index contributed by atoms with van der Waals surface area (Å²) in [6.45, 7) is 3.48. The summed E-state index contributed by atoms with van der Waals surface area (Å²) in [5, 5.41) is 2.86. The summed E-state index contributed by atoms with van der Waals surface area (Å²) in [6.07, 6.45) is 0.704. The van der Waals surface area contributed by atoms with Crippen molar-refractivity contribution in [2.24, 2.45) is 0 Å². The molecule has 0 bridgehead atoms. The first kappa shape index (κ1) is 15.1. The summed E-state index contributed by atoms with van der Waals surface area (Å²) in [7, 11) is 3.29. The molecule has 18 heavy (non-hydrogen) atoms. The van der Waals surface area contributed by atoms with E-state index < -0.39 is 0 Å². The van der Waals surface area contributed by atoms with Gasteiger partial charge < -0.3 is 14.8 Å². The molecule has 0 aromatic heterocycles. The van der Waals surface area contributed by atoms with E-state index in [1.807, 2.05) is 19.1 Å². The maximum absolute atomic E-state index is 11.0. The number of nitrogens with one attached hydrogen (secondary N) is 1. The monoisotopic (exact) mass is 363 g/mol. The number of rotatable bonds is 5. The first-order valence-electron chi connectivity index (χ1n) is 5.65. The van der Waals surface area contributed by atoms with Gasteiger partial charge in [-0.2, -0.15) is 0 Å². The summed E-state index contributed by atoms with van der Waals surface area (Å²) >= 11 is 2.20. The topological polar surface area (TPSA) is 47.6 Å². The van der Waals surface area contributed by atoms with E-state index in [9.17, 15) is 4.79 Å². The molecule has 1 atom stereocenters. The van der Waals surface area contributed by atoms with Gasteiger partial charge in [-0.3, -0.25) is 4.79 Å². The predicted octanol–water partition coefficient (Wildman–Crippen LogP) is 2.38. The first-order chi connectivity index (χ1) is 8.47. The van der Waals surface area contributed by atoms with Gasteiger partial charge in [-0.1, -0.05) is 0 Å². The van der Waals surface area contributed by atoms with Gasteiger partial charge in [0, 0.05) is 13.0 Å². The Bertz CT molecular complexity index is 434. The molecule has 0 aliphatic rings. The number of carbonyl (C=O) groups excluding carboxylic acids is 1. The van der Waals surface area contributed by atoms with Crippen LogP contribution in [0.4, 0.5) is 0 Å². The molecule has 0 aliphatic heterocycles. The quantitative estimate of drug-likeness (QED) is 0.818. The highest BCUT2D eigenvalue weighted by Gasteiger charge is 2.13. The Hall–Kier alpha value is -0.980. The Labute approximate surface area is 121 Å².